The molecule has 2 amide bonds. The number of halogens is 1. The number of carbonyl (C=O) groups excluding carboxylic acids is 1. The van der Waals surface area contributed by atoms with Crippen LogP contribution >= 0.6 is 11.6 Å². The summed E-state index contributed by atoms with van der Waals surface area (Å²) in [4.78, 5) is 17.8. The van der Waals surface area contributed by atoms with E-state index in [-0.39, 0.29) is 0 Å². The molecule has 32 heavy (non-hydrogen) atoms. The van der Waals surface area contributed by atoms with E-state index >= 15 is 0 Å². The van der Waals surface area contributed by atoms with Crippen LogP contribution in [0.2, 0.25) is 5.02 Å². The number of ether oxygens (including phenoxy) is 3. The summed E-state index contributed by atoms with van der Waals surface area (Å²) < 4.78 is 16.8. The molecular weight excluding hydrogens is 430 g/mol. The van der Waals surface area contributed by atoms with Crippen LogP contribution in [0.4, 0.5) is 16.2 Å². The standard InChI is InChI=1S/C24H20ClN3O4/c1-30-22-13-19-20(14-23(22)31-2)27-11-10-21(19)32-18-8-6-16(7-9-18)28(24(26)29)17-5-3-4-15(25)12-17/h3-14H,1-2H3,(H2,26,29). The molecule has 0 spiro atoms. The molecule has 7 nitrogen and oxygen atoms in total. The van der Waals surface area contributed by atoms with E-state index in [4.69, 9.17) is 31.5 Å². The Balaban J connectivity index is 1.65. The Morgan fingerprint density at radius 3 is 2.28 bits per heavy atom. The van der Waals surface area contributed by atoms with Crippen LogP contribution in [0.1, 0.15) is 0 Å². The molecule has 0 fully saturated rings. The molecule has 0 bridgehead atoms. The fraction of sp³-hybridized carbons (Fsp3) is 0.0833. The highest BCUT2D eigenvalue weighted by Gasteiger charge is 2.16. The monoisotopic (exact) mass is 449 g/mol. The van der Waals surface area contributed by atoms with Crippen LogP contribution in [0.25, 0.3) is 10.9 Å². The molecule has 0 aliphatic carbocycles. The Kier molecular flexibility index (Phi) is 6.00. The van der Waals surface area contributed by atoms with Gasteiger partial charge < -0.3 is 19.9 Å². The van der Waals surface area contributed by atoms with Crippen molar-refractivity contribution in [3.05, 3.63) is 77.9 Å². The number of aromatic nitrogens is 1. The van der Waals surface area contributed by atoms with Crippen molar-refractivity contribution < 1.29 is 19.0 Å². The molecule has 4 aromatic rings. The largest absolute Gasteiger partial charge is 0.493 e. The molecule has 2 N–H and O–H groups in total. The van der Waals surface area contributed by atoms with Gasteiger partial charge in [-0.2, -0.15) is 0 Å². The van der Waals surface area contributed by atoms with Gasteiger partial charge in [0.1, 0.15) is 11.5 Å². The van der Waals surface area contributed by atoms with Crippen LogP contribution < -0.4 is 24.8 Å². The Labute approximate surface area is 189 Å². The number of primary amides is 1. The summed E-state index contributed by atoms with van der Waals surface area (Å²) in [6.07, 6.45) is 1.66. The van der Waals surface area contributed by atoms with Crippen LogP contribution in [0, 0.1) is 0 Å². The van der Waals surface area contributed by atoms with Gasteiger partial charge in [0.15, 0.2) is 11.5 Å². The van der Waals surface area contributed by atoms with Gasteiger partial charge in [0.25, 0.3) is 0 Å². The molecule has 0 aliphatic rings. The molecule has 0 radical (unpaired) electrons. The Bertz CT molecular complexity index is 1280. The SMILES string of the molecule is COc1cc2nccc(Oc3ccc(N(C(N)=O)c4cccc(Cl)c4)cc3)c2cc1OC. The fourth-order valence-electron chi connectivity index (χ4n) is 3.35. The predicted molar refractivity (Wildman–Crippen MR) is 125 cm³/mol. The molecule has 0 unspecified atom stereocenters. The van der Waals surface area contributed by atoms with Crippen molar-refractivity contribution >= 4 is 39.9 Å². The van der Waals surface area contributed by atoms with Gasteiger partial charge in [-0.05, 0) is 54.6 Å². The van der Waals surface area contributed by atoms with Gasteiger partial charge >= 0.3 is 6.03 Å². The lowest BCUT2D eigenvalue weighted by Crippen LogP contribution is -2.31. The quantitative estimate of drug-likeness (QED) is 0.395. The molecular formula is C24H20ClN3O4. The number of hydrogen-bond donors (Lipinski definition) is 1. The zero-order valence-corrected chi connectivity index (χ0v) is 18.2. The topological polar surface area (TPSA) is 86.9 Å². The van der Waals surface area contributed by atoms with Gasteiger partial charge in [-0.15, -0.1) is 0 Å². The van der Waals surface area contributed by atoms with Gasteiger partial charge in [0.05, 0.1) is 31.1 Å². The van der Waals surface area contributed by atoms with Crippen LogP contribution in [-0.2, 0) is 0 Å². The van der Waals surface area contributed by atoms with E-state index in [1.807, 2.05) is 6.07 Å². The molecule has 0 atom stereocenters. The summed E-state index contributed by atoms with van der Waals surface area (Å²) in [7, 11) is 3.15. The average molecular weight is 450 g/mol. The summed E-state index contributed by atoms with van der Waals surface area (Å²) in [5.74, 6) is 2.34. The van der Waals surface area contributed by atoms with Crippen LogP contribution in [0.15, 0.2) is 72.9 Å². The second-order valence-electron chi connectivity index (χ2n) is 6.78. The number of nitrogens with two attached hydrogens (primary N) is 1. The molecule has 1 heterocycles. The van der Waals surface area contributed by atoms with Gasteiger partial charge in [0.2, 0.25) is 0 Å². The zero-order chi connectivity index (χ0) is 22.7. The van der Waals surface area contributed by atoms with Crippen molar-refractivity contribution in [2.45, 2.75) is 0 Å². The van der Waals surface area contributed by atoms with Gasteiger partial charge in [0, 0.05) is 22.7 Å². The number of benzene rings is 3. The van der Waals surface area contributed by atoms with Crippen molar-refractivity contribution in [2.24, 2.45) is 5.73 Å². The third-order valence-corrected chi connectivity index (χ3v) is 5.05. The number of methoxy groups -OCH3 is 2. The van der Waals surface area contributed by atoms with E-state index in [0.29, 0.717) is 44.9 Å². The highest BCUT2D eigenvalue weighted by Crippen LogP contribution is 2.37. The van der Waals surface area contributed by atoms with Crippen LogP contribution in [0.5, 0.6) is 23.0 Å². The Morgan fingerprint density at radius 2 is 1.62 bits per heavy atom. The zero-order valence-electron chi connectivity index (χ0n) is 17.4. The maximum atomic E-state index is 12.1. The lowest BCUT2D eigenvalue weighted by molar-refractivity contribution is 0.256. The van der Waals surface area contributed by atoms with E-state index in [2.05, 4.69) is 4.98 Å². The Hall–Kier alpha value is -3.97. The van der Waals surface area contributed by atoms with E-state index in [9.17, 15) is 4.79 Å². The molecule has 3 aromatic carbocycles. The molecule has 0 aliphatic heterocycles. The third-order valence-electron chi connectivity index (χ3n) is 4.82. The predicted octanol–water partition coefficient (Wildman–Crippen LogP) is 5.91. The third kappa shape index (κ3) is 4.24. The molecule has 4 rings (SSSR count). The van der Waals surface area contributed by atoms with Crippen molar-refractivity contribution in [3.8, 4) is 23.0 Å². The maximum Gasteiger partial charge on any atom is 0.323 e. The number of carbonyl (C=O) groups is 1. The van der Waals surface area contributed by atoms with E-state index in [1.165, 1.54) is 4.90 Å². The highest BCUT2D eigenvalue weighted by atomic mass is 35.5. The van der Waals surface area contributed by atoms with E-state index < -0.39 is 6.03 Å². The number of hydrogen-bond acceptors (Lipinski definition) is 5. The van der Waals surface area contributed by atoms with Crippen LogP contribution in [-0.4, -0.2) is 25.2 Å². The number of amides is 2. The minimum atomic E-state index is -0.623. The first-order valence-corrected chi connectivity index (χ1v) is 10.0. The lowest BCUT2D eigenvalue weighted by Gasteiger charge is -2.21. The van der Waals surface area contributed by atoms with Gasteiger partial charge in [-0.25, -0.2) is 4.79 Å². The smallest absolute Gasteiger partial charge is 0.323 e. The van der Waals surface area contributed by atoms with Gasteiger partial charge in [-0.3, -0.25) is 9.88 Å². The maximum absolute atomic E-state index is 12.1. The number of nitrogens with zero attached hydrogens (tertiary/aromatic N) is 2. The summed E-state index contributed by atoms with van der Waals surface area (Å²) in [6, 6.07) is 18.7. The van der Waals surface area contributed by atoms with Crippen molar-refractivity contribution in [2.75, 3.05) is 19.1 Å². The summed E-state index contributed by atoms with van der Waals surface area (Å²) in [5.41, 5.74) is 7.47. The average Bonchev–Trinajstić information content (AvgIpc) is 2.79. The summed E-state index contributed by atoms with van der Waals surface area (Å²) in [6.45, 7) is 0. The van der Waals surface area contributed by atoms with Crippen molar-refractivity contribution in [3.63, 3.8) is 0 Å². The van der Waals surface area contributed by atoms with E-state index in [1.54, 1.807) is 81.1 Å². The normalized spacial score (nSPS) is 10.6. The summed E-state index contributed by atoms with van der Waals surface area (Å²) >= 11 is 6.06. The number of urea groups is 1. The van der Waals surface area contributed by atoms with Crippen molar-refractivity contribution in [1.29, 1.82) is 0 Å². The minimum absolute atomic E-state index is 0.505. The molecule has 0 saturated carbocycles. The first-order chi connectivity index (χ1) is 15.5. The second kappa shape index (κ2) is 9.03. The molecule has 1 aromatic heterocycles. The van der Waals surface area contributed by atoms with Gasteiger partial charge in [-0.1, -0.05) is 17.7 Å². The Morgan fingerprint density at radius 1 is 0.906 bits per heavy atom. The molecule has 162 valence electrons. The van der Waals surface area contributed by atoms with Crippen LogP contribution in [0.3, 0.4) is 0 Å². The lowest BCUT2D eigenvalue weighted by atomic mass is 10.1. The number of anilines is 2. The number of rotatable bonds is 6. The fourth-order valence-corrected chi connectivity index (χ4v) is 3.53. The minimum Gasteiger partial charge on any atom is -0.493 e. The molecule has 8 heteroatoms. The molecule has 0 saturated heterocycles. The highest BCUT2D eigenvalue weighted by molar-refractivity contribution is 6.31. The van der Waals surface area contributed by atoms with E-state index in [0.717, 1.165) is 5.39 Å². The second-order valence-corrected chi connectivity index (χ2v) is 7.22. The first kappa shape index (κ1) is 21.3. The number of fused-ring (bicyclic) bond motifs is 1. The number of pyridine rings is 1. The summed E-state index contributed by atoms with van der Waals surface area (Å²) in [5, 5.41) is 1.28. The first-order valence-electron chi connectivity index (χ1n) is 9.64. The van der Waals surface area contributed by atoms with Crippen molar-refractivity contribution in [1.82, 2.24) is 4.98 Å².